The maximum atomic E-state index is 12.6. The van der Waals surface area contributed by atoms with Crippen molar-refractivity contribution < 1.29 is 4.79 Å². The third-order valence-electron chi connectivity index (χ3n) is 3.88. The summed E-state index contributed by atoms with van der Waals surface area (Å²) < 4.78 is 0. The van der Waals surface area contributed by atoms with Gasteiger partial charge >= 0.3 is 0 Å². The Hall–Kier alpha value is -2.67. The Morgan fingerprint density at radius 3 is 2.00 bits per heavy atom. The second-order valence-corrected chi connectivity index (χ2v) is 5.59. The molecule has 0 N–H and O–H groups in total. The highest BCUT2D eigenvalue weighted by Crippen LogP contribution is 2.21. The molecule has 22 heavy (non-hydrogen) atoms. The van der Waals surface area contributed by atoms with Crippen LogP contribution in [0.15, 0.2) is 72.8 Å². The van der Waals surface area contributed by atoms with Gasteiger partial charge in [0.25, 0.3) is 0 Å². The summed E-state index contributed by atoms with van der Waals surface area (Å²) in [5.74, 6) is 0.0807. The zero-order valence-corrected chi connectivity index (χ0v) is 12.8. The summed E-state index contributed by atoms with van der Waals surface area (Å²) in [6.07, 6.45) is 0. The van der Waals surface area contributed by atoms with Gasteiger partial charge in [0.15, 0.2) is 5.78 Å². The molecular formula is C21H18O. The van der Waals surface area contributed by atoms with Crippen LogP contribution in [0.4, 0.5) is 0 Å². The molecule has 0 aromatic heterocycles. The first-order valence-corrected chi connectivity index (χ1v) is 7.42. The minimum Gasteiger partial charge on any atom is -0.289 e. The van der Waals surface area contributed by atoms with Gasteiger partial charge in [-0.15, -0.1) is 0 Å². The fraction of sp³-hybridized carbons (Fsp3) is 0.0952. The van der Waals surface area contributed by atoms with Crippen LogP contribution in [0.5, 0.6) is 0 Å². The predicted octanol–water partition coefficient (Wildman–Crippen LogP) is 5.20. The van der Waals surface area contributed by atoms with E-state index < -0.39 is 0 Å². The molecule has 0 amide bonds. The van der Waals surface area contributed by atoms with E-state index in [9.17, 15) is 4.79 Å². The topological polar surface area (TPSA) is 17.1 Å². The highest BCUT2D eigenvalue weighted by atomic mass is 16.1. The number of rotatable bonds is 3. The largest absolute Gasteiger partial charge is 0.289 e. The van der Waals surface area contributed by atoms with E-state index in [0.29, 0.717) is 0 Å². The lowest BCUT2D eigenvalue weighted by molar-refractivity contribution is 0.103. The van der Waals surface area contributed by atoms with Gasteiger partial charge in [-0.1, -0.05) is 78.4 Å². The van der Waals surface area contributed by atoms with Crippen molar-refractivity contribution in [3.05, 3.63) is 95.1 Å². The van der Waals surface area contributed by atoms with Crippen LogP contribution in [0.3, 0.4) is 0 Å². The van der Waals surface area contributed by atoms with Crippen LogP contribution in [0, 0.1) is 13.8 Å². The Morgan fingerprint density at radius 2 is 1.36 bits per heavy atom. The molecule has 0 spiro atoms. The number of ketones is 1. The second kappa shape index (κ2) is 5.98. The summed E-state index contributed by atoms with van der Waals surface area (Å²) in [5.41, 5.74) is 5.99. The highest BCUT2D eigenvalue weighted by molar-refractivity contribution is 6.10. The van der Waals surface area contributed by atoms with Gasteiger partial charge in [-0.3, -0.25) is 4.79 Å². The van der Waals surface area contributed by atoms with Gasteiger partial charge in [-0.25, -0.2) is 0 Å². The molecule has 3 aromatic carbocycles. The monoisotopic (exact) mass is 286 g/mol. The molecule has 1 nitrogen and oxygen atoms in total. The normalized spacial score (nSPS) is 10.5. The zero-order chi connectivity index (χ0) is 15.5. The lowest BCUT2D eigenvalue weighted by atomic mass is 9.96. The summed E-state index contributed by atoms with van der Waals surface area (Å²) in [5, 5.41) is 0. The molecule has 108 valence electrons. The van der Waals surface area contributed by atoms with Crippen molar-refractivity contribution in [2.75, 3.05) is 0 Å². The van der Waals surface area contributed by atoms with Crippen LogP contribution in [0.25, 0.3) is 11.1 Å². The van der Waals surface area contributed by atoms with Gasteiger partial charge in [0.2, 0.25) is 0 Å². The average molecular weight is 286 g/mol. The second-order valence-electron chi connectivity index (χ2n) is 5.59. The predicted molar refractivity (Wildman–Crippen MR) is 91.2 cm³/mol. The van der Waals surface area contributed by atoms with Gasteiger partial charge in [0.1, 0.15) is 0 Å². The number of hydrogen-bond acceptors (Lipinski definition) is 1. The van der Waals surface area contributed by atoms with Crippen molar-refractivity contribution in [1.82, 2.24) is 0 Å². The third-order valence-corrected chi connectivity index (χ3v) is 3.88. The maximum absolute atomic E-state index is 12.6. The third kappa shape index (κ3) is 2.84. The lowest BCUT2D eigenvalue weighted by Gasteiger charge is -2.07. The van der Waals surface area contributed by atoms with Crippen LogP contribution in [0.2, 0.25) is 0 Å². The molecule has 0 fully saturated rings. The minimum atomic E-state index is 0.0807. The molecular weight excluding hydrogens is 268 g/mol. The van der Waals surface area contributed by atoms with Crippen LogP contribution in [0.1, 0.15) is 27.0 Å². The van der Waals surface area contributed by atoms with E-state index in [1.807, 2.05) is 74.5 Å². The summed E-state index contributed by atoms with van der Waals surface area (Å²) in [4.78, 5) is 12.6. The summed E-state index contributed by atoms with van der Waals surface area (Å²) in [7, 11) is 0. The van der Waals surface area contributed by atoms with Crippen molar-refractivity contribution in [1.29, 1.82) is 0 Å². The Labute approximate surface area is 131 Å². The first kappa shape index (κ1) is 14.3. The van der Waals surface area contributed by atoms with Crippen molar-refractivity contribution in [3.63, 3.8) is 0 Å². The van der Waals surface area contributed by atoms with Gasteiger partial charge in [0.05, 0.1) is 0 Å². The van der Waals surface area contributed by atoms with E-state index >= 15 is 0 Å². The van der Waals surface area contributed by atoms with E-state index in [1.54, 1.807) is 0 Å². The molecule has 1 heteroatoms. The van der Waals surface area contributed by atoms with Gasteiger partial charge in [0, 0.05) is 11.1 Å². The maximum Gasteiger partial charge on any atom is 0.193 e. The number of hydrogen-bond donors (Lipinski definition) is 0. The molecule has 0 aliphatic heterocycles. The standard InChI is InChI=1S/C21H18O/c1-15-8-13-20(16(2)14-15)21(22)19-11-9-18(10-12-19)17-6-4-3-5-7-17/h3-14H,1-2H3. The Kier molecular flexibility index (Phi) is 3.88. The number of carbonyl (C=O) groups excluding carboxylic acids is 1. The zero-order valence-electron chi connectivity index (χ0n) is 12.8. The first-order valence-electron chi connectivity index (χ1n) is 7.42. The Bertz CT molecular complexity index is 799. The van der Waals surface area contributed by atoms with E-state index in [4.69, 9.17) is 0 Å². The molecule has 0 aliphatic carbocycles. The number of benzene rings is 3. The molecule has 0 heterocycles. The van der Waals surface area contributed by atoms with E-state index in [2.05, 4.69) is 12.1 Å². The molecule has 0 unspecified atom stereocenters. The fourth-order valence-electron chi connectivity index (χ4n) is 2.67. The SMILES string of the molecule is Cc1ccc(C(=O)c2ccc(-c3ccccc3)cc2)c(C)c1. The van der Waals surface area contributed by atoms with Crippen LogP contribution < -0.4 is 0 Å². The van der Waals surface area contributed by atoms with Crippen molar-refractivity contribution in [3.8, 4) is 11.1 Å². The molecule has 0 saturated heterocycles. The smallest absolute Gasteiger partial charge is 0.193 e. The molecule has 0 radical (unpaired) electrons. The Balaban J connectivity index is 1.91. The first-order chi connectivity index (χ1) is 10.6. The van der Waals surface area contributed by atoms with Crippen molar-refractivity contribution >= 4 is 5.78 Å². The van der Waals surface area contributed by atoms with E-state index in [0.717, 1.165) is 27.8 Å². The van der Waals surface area contributed by atoms with Crippen LogP contribution >= 0.6 is 0 Å². The Morgan fingerprint density at radius 1 is 0.727 bits per heavy atom. The van der Waals surface area contributed by atoms with E-state index in [-0.39, 0.29) is 5.78 Å². The molecule has 0 saturated carbocycles. The quantitative estimate of drug-likeness (QED) is 0.605. The summed E-state index contributed by atoms with van der Waals surface area (Å²) in [6, 6.07) is 24.0. The van der Waals surface area contributed by atoms with E-state index in [1.165, 1.54) is 5.56 Å². The molecule has 3 rings (SSSR count). The summed E-state index contributed by atoms with van der Waals surface area (Å²) in [6.45, 7) is 4.02. The van der Waals surface area contributed by atoms with Crippen LogP contribution in [-0.2, 0) is 0 Å². The minimum absolute atomic E-state index is 0.0807. The van der Waals surface area contributed by atoms with Gasteiger partial charge in [-0.2, -0.15) is 0 Å². The average Bonchev–Trinajstić information content (AvgIpc) is 2.55. The van der Waals surface area contributed by atoms with Crippen LogP contribution in [-0.4, -0.2) is 5.78 Å². The number of aryl methyl sites for hydroxylation is 2. The number of carbonyl (C=O) groups is 1. The fourth-order valence-corrected chi connectivity index (χ4v) is 2.67. The van der Waals surface area contributed by atoms with Crippen molar-refractivity contribution in [2.24, 2.45) is 0 Å². The van der Waals surface area contributed by atoms with Gasteiger partial charge < -0.3 is 0 Å². The lowest BCUT2D eigenvalue weighted by Crippen LogP contribution is -2.03. The molecule has 3 aromatic rings. The van der Waals surface area contributed by atoms with Gasteiger partial charge in [-0.05, 0) is 30.5 Å². The molecule has 0 atom stereocenters. The summed E-state index contributed by atoms with van der Waals surface area (Å²) >= 11 is 0. The molecule has 0 aliphatic rings. The molecule has 0 bridgehead atoms. The van der Waals surface area contributed by atoms with Crippen molar-refractivity contribution in [2.45, 2.75) is 13.8 Å². The highest BCUT2D eigenvalue weighted by Gasteiger charge is 2.11.